The van der Waals surface area contributed by atoms with Crippen molar-refractivity contribution in [3.63, 3.8) is 0 Å². The van der Waals surface area contributed by atoms with E-state index in [-0.39, 0.29) is 5.63 Å². The predicted molar refractivity (Wildman–Crippen MR) is 93.4 cm³/mol. The van der Waals surface area contributed by atoms with Crippen LogP contribution in [0.25, 0.3) is 33.2 Å². The van der Waals surface area contributed by atoms with Gasteiger partial charge in [0.05, 0.1) is 5.56 Å². The molecule has 0 radical (unpaired) electrons. The molecule has 0 amide bonds. The van der Waals surface area contributed by atoms with Crippen LogP contribution in [0.15, 0.2) is 94.1 Å². The van der Waals surface area contributed by atoms with Crippen molar-refractivity contribution in [2.24, 2.45) is 0 Å². The van der Waals surface area contributed by atoms with Crippen molar-refractivity contribution in [1.29, 1.82) is 0 Å². The molecule has 1 heterocycles. The molecular formula is C21H14O2. The number of hydrogen-bond donors (Lipinski definition) is 0. The number of hydrogen-bond acceptors (Lipinski definition) is 2. The van der Waals surface area contributed by atoms with Gasteiger partial charge in [-0.05, 0) is 34.9 Å². The van der Waals surface area contributed by atoms with Crippen LogP contribution in [0.1, 0.15) is 0 Å². The Hall–Kier alpha value is -3.13. The lowest BCUT2D eigenvalue weighted by Gasteiger charge is -2.05. The summed E-state index contributed by atoms with van der Waals surface area (Å²) in [5.41, 5.74) is 4.00. The van der Waals surface area contributed by atoms with Gasteiger partial charge in [-0.25, -0.2) is 4.79 Å². The minimum absolute atomic E-state index is 0.309. The lowest BCUT2D eigenvalue weighted by atomic mass is 10.0. The van der Waals surface area contributed by atoms with E-state index in [9.17, 15) is 4.79 Å². The molecule has 0 atom stereocenters. The summed E-state index contributed by atoms with van der Waals surface area (Å²) in [5.74, 6) is 0. The first-order valence-electron chi connectivity index (χ1n) is 7.50. The van der Waals surface area contributed by atoms with Crippen LogP contribution in [0.5, 0.6) is 0 Å². The summed E-state index contributed by atoms with van der Waals surface area (Å²) >= 11 is 0. The van der Waals surface area contributed by atoms with Crippen molar-refractivity contribution in [2.45, 2.75) is 0 Å². The van der Waals surface area contributed by atoms with E-state index in [1.807, 2.05) is 66.7 Å². The minimum Gasteiger partial charge on any atom is -0.422 e. The molecule has 0 saturated heterocycles. The summed E-state index contributed by atoms with van der Waals surface area (Å²) < 4.78 is 5.48. The molecule has 0 N–H and O–H groups in total. The fourth-order valence-electron chi connectivity index (χ4n) is 2.75. The number of fused-ring (bicyclic) bond motifs is 1. The molecule has 0 bridgehead atoms. The molecule has 0 spiro atoms. The molecule has 110 valence electrons. The van der Waals surface area contributed by atoms with Crippen LogP contribution >= 0.6 is 0 Å². The maximum Gasteiger partial charge on any atom is 0.344 e. The van der Waals surface area contributed by atoms with Gasteiger partial charge in [-0.15, -0.1) is 0 Å². The Labute approximate surface area is 133 Å². The number of benzene rings is 3. The highest BCUT2D eigenvalue weighted by atomic mass is 16.4. The molecule has 4 rings (SSSR count). The zero-order valence-corrected chi connectivity index (χ0v) is 12.4. The van der Waals surface area contributed by atoms with Crippen LogP contribution in [-0.2, 0) is 0 Å². The summed E-state index contributed by atoms with van der Waals surface area (Å²) in [6.45, 7) is 0. The van der Waals surface area contributed by atoms with E-state index in [0.717, 1.165) is 22.1 Å². The second-order valence-electron chi connectivity index (χ2n) is 5.43. The molecule has 23 heavy (non-hydrogen) atoms. The van der Waals surface area contributed by atoms with Crippen LogP contribution in [0.3, 0.4) is 0 Å². The predicted octanol–water partition coefficient (Wildman–Crippen LogP) is 5.13. The maximum atomic E-state index is 12.2. The van der Waals surface area contributed by atoms with Crippen LogP contribution in [-0.4, -0.2) is 0 Å². The molecule has 0 saturated carbocycles. The summed E-state index contributed by atoms with van der Waals surface area (Å²) in [4.78, 5) is 12.2. The maximum absolute atomic E-state index is 12.2. The third-order valence-electron chi connectivity index (χ3n) is 3.92. The lowest BCUT2D eigenvalue weighted by molar-refractivity contribution is 0.563. The highest BCUT2D eigenvalue weighted by Gasteiger charge is 2.08. The van der Waals surface area contributed by atoms with Gasteiger partial charge in [0.2, 0.25) is 0 Å². The summed E-state index contributed by atoms with van der Waals surface area (Å²) in [6.07, 6.45) is 0. The first-order valence-corrected chi connectivity index (χ1v) is 7.50. The molecule has 0 fully saturated rings. The lowest BCUT2D eigenvalue weighted by Crippen LogP contribution is -2.02. The average Bonchev–Trinajstić information content (AvgIpc) is 2.62. The summed E-state index contributed by atoms with van der Waals surface area (Å²) in [5, 5.41) is 0.921. The van der Waals surface area contributed by atoms with Gasteiger partial charge in [0, 0.05) is 5.39 Å². The van der Waals surface area contributed by atoms with Gasteiger partial charge in [0.25, 0.3) is 0 Å². The van der Waals surface area contributed by atoms with Gasteiger partial charge in [-0.1, -0.05) is 66.7 Å². The van der Waals surface area contributed by atoms with Crippen molar-refractivity contribution in [3.05, 3.63) is 95.3 Å². The van der Waals surface area contributed by atoms with E-state index < -0.39 is 0 Å². The second kappa shape index (κ2) is 5.58. The third-order valence-corrected chi connectivity index (χ3v) is 3.92. The molecule has 0 unspecified atom stereocenters. The van der Waals surface area contributed by atoms with E-state index >= 15 is 0 Å². The van der Waals surface area contributed by atoms with Crippen molar-refractivity contribution in [2.75, 3.05) is 0 Å². The molecule has 2 heteroatoms. The Balaban J connectivity index is 1.91. The molecule has 1 aromatic heterocycles. The van der Waals surface area contributed by atoms with Crippen molar-refractivity contribution in [3.8, 4) is 22.3 Å². The first kappa shape index (κ1) is 13.5. The summed E-state index contributed by atoms with van der Waals surface area (Å²) in [6, 6.07) is 27.5. The minimum atomic E-state index is -0.309. The molecule has 4 aromatic rings. The van der Waals surface area contributed by atoms with E-state index in [1.165, 1.54) is 0 Å². The zero-order chi connectivity index (χ0) is 15.6. The largest absolute Gasteiger partial charge is 0.422 e. The number of rotatable bonds is 2. The Bertz CT molecular complexity index is 1020. The van der Waals surface area contributed by atoms with Crippen LogP contribution < -0.4 is 5.63 Å². The monoisotopic (exact) mass is 298 g/mol. The van der Waals surface area contributed by atoms with E-state index in [1.54, 1.807) is 0 Å². The average molecular weight is 298 g/mol. The molecule has 0 aliphatic heterocycles. The van der Waals surface area contributed by atoms with E-state index in [2.05, 4.69) is 18.2 Å². The Morgan fingerprint density at radius 1 is 0.609 bits per heavy atom. The standard InChI is InChI=1S/C21H14O2/c22-21-19(16-9-5-2-6-10-16)14-18-13-17(11-12-20(18)23-21)15-7-3-1-4-8-15/h1-14H. The fraction of sp³-hybridized carbons (Fsp3) is 0. The normalized spacial score (nSPS) is 10.8. The fourth-order valence-corrected chi connectivity index (χ4v) is 2.75. The highest BCUT2D eigenvalue weighted by molar-refractivity contribution is 5.86. The molecule has 0 aliphatic carbocycles. The van der Waals surface area contributed by atoms with Gasteiger partial charge in [0.1, 0.15) is 5.58 Å². The smallest absolute Gasteiger partial charge is 0.344 e. The van der Waals surface area contributed by atoms with Gasteiger partial charge in [-0.3, -0.25) is 0 Å². The highest BCUT2D eigenvalue weighted by Crippen LogP contribution is 2.26. The van der Waals surface area contributed by atoms with Gasteiger partial charge in [-0.2, -0.15) is 0 Å². The van der Waals surface area contributed by atoms with Gasteiger partial charge in [0.15, 0.2) is 0 Å². The van der Waals surface area contributed by atoms with E-state index in [4.69, 9.17) is 4.42 Å². The SMILES string of the molecule is O=c1oc2ccc(-c3ccccc3)cc2cc1-c1ccccc1. The second-order valence-corrected chi connectivity index (χ2v) is 5.43. The van der Waals surface area contributed by atoms with Crippen molar-refractivity contribution < 1.29 is 4.42 Å². The Kier molecular flexibility index (Phi) is 3.28. The molecule has 3 aromatic carbocycles. The van der Waals surface area contributed by atoms with Crippen LogP contribution in [0.4, 0.5) is 0 Å². The third kappa shape index (κ3) is 2.55. The topological polar surface area (TPSA) is 30.2 Å². The van der Waals surface area contributed by atoms with Crippen LogP contribution in [0, 0.1) is 0 Å². The molecule has 0 aliphatic rings. The molecule has 2 nitrogen and oxygen atoms in total. The summed E-state index contributed by atoms with van der Waals surface area (Å²) in [7, 11) is 0. The molecular weight excluding hydrogens is 284 g/mol. The van der Waals surface area contributed by atoms with Crippen LogP contribution in [0.2, 0.25) is 0 Å². The Morgan fingerprint density at radius 2 is 1.26 bits per heavy atom. The van der Waals surface area contributed by atoms with Gasteiger partial charge < -0.3 is 4.42 Å². The van der Waals surface area contributed by atoms with Gasteiger partial charge >= 0.3 is 5.63 Å². The zero-order valence-electron chi connectivity index (χ0n) is 12.4. The van der Waals surface area contributed by atoms with Crippen molar-refractivity contribution >= 4 is 11.0 Å². The first-order chi connectivity index (χ1) is 11.3. The Morgan fingerprint density at radius 3 is 1.96 bits per heavy atom. The van der Waals surface area contributed by atoms with Crippen molar-refractivity contribution in [1.82, 2.24) is 0 Å². The van der Waals surface area contributed by atoms with E-state index in [0.29, 0.717) is 11.1 Å². The quantitative estimate of drug-likeness (QED) is 0.480.